The van der Waals surface area contributed by atoms with Crippen molar-refractivity contribution in [3.8, 4) is 0 Å². The Morgan fingerprint density at radius 3 is 2.59 bits per heavy atom. The van der Waals surface area contributed by atoms with Gasteiger partial charge in [0.1, 0.15) is 5.52 Å². The highest BCUT2D eigenvalue weighted by atomic mass is 16.5. The fourth-order valence-corrected chi connectivity index (χ4v) is 3.24. The van der Waals surface area contributed by atoms with E-state index in [2.05, 4.69) is 20.3 Å². The lowest BCUT2D eigenvalue weighted by Crippen LogP contribution is -2.50. The number of piperazine rings is 1. The molecule has 10 nitrogen and oxygen atoms in total. The lowest BCUT2D eigenvalue weighted by Gasteiger charge is -2.34. The molecule has 0 spiro atoms. The number of amides is 1. The van der Waals surface area contributed by atoms with E-state index < -0.39 is 5.97 Å². The predicted molar refractivity (Wildman–Crippen MR) is 104 cm³/mol. The topological polar surface area (TPSA) is 106 Å². The number of aromatic nitrogens is 5. The zero-order chi connectivity index (χ0) is 20.2. The third-order valence-electron chi connectivity index (χ3n) is 4.84. The molecule has 1 aromatic carbocycles. The number of esters is 1. The van der Waals surface area contributed by atoms with Crippen molar-refractivity contribution in [3.05, 3.63) is 42.2 Å². The molecule has 1 aliphatic heterocycles. The summed E-state index contributed by atoms with van der Waals surface area (Å²) >= 11 is 0. The Kier molecular flexibility index (Phi) is 5.32. The predicted octanol–water partition coefficient (Wildman–Crippen LogP) is 0.747. The number of carbonyl (C=O) groups is 2. The van der Waals surface area contributed by atoms with Crippen molar-refractivity contribution in [1.29, 1.82) is 0 Å². The van der Waals surface area contributed by atoms with E-state index in [1.807, 2.05) is 11.8 Å². The summed E-state index contributed by atoms with van der Waals surface area (Å²) in [6.07, 6.45) is 3.39. The number of hydrogen-bond acceptors (Lipinski definition) is 8. The van der Waals surface area contributed by atoms with E-state index in [0.29, 0.717) is 49.8 Å². The van der Waals surface area contributed by atoms with E-state index in [4.69, 9.17) is 4.74 Å². The Morgan fingerprint density at radius 2 is 1.86 bits per heavy atom. The molecule has 0 atom stereocenters. The van der Waals surface area contributed by atoms with Crippen molar-refractivity contribution < 1.29 is 14.3 Å². The van der Waals surface area contributed by atoms with Gasteiger partial charge in [-0.2, -0.15) is 0 Å². The van der Waals surface area contributed by atoms with Crippen molar-refractivity contribution in [2.45, 2.75) is 13.5 Å². The van der Waals surface area contributed by atoms with E-state index in [-0.39, 0.29) is 12.5 Å². The van der Waals surface area contributed by atoms with Crippen LogP contribution in [0.4, 0.5) is 5.95 Å². The summed E-state index contributed by atoms with van der Waals surface area (Å²) in [4.78, 5) is 36.9. The summed E-state index contributed by atoms with van der Waals surface area (Å²) in [5, 5.41) is 8.07. The number of fused-ring (bicyclic) bond motifs is 1. The van der Waals surface area contributed by atoms with Gasteiger partial charge in [-0.15, -0.1) is 5.10 Å². The summed E-state index contributed by atoms with van der Waals surface area (Å²) in [5.41, 5.74) is 1.81. The maximum Gasteiger partial charge on any atom is 0.338 e. The van der Waals surface area contributed by atoms with Crippen LogP contribution in [-0.4, -0.2) is 74.5 Å². The van der Waals surface area contributed by atoms with Crippen LogP contribution in [0.3, 0.4) is 0 Å². The largest absolute Gasteiger partial charge is 0.452 e. The van der Waals surface area contributed by atoms with Crippen LogP contribution in [0.15, 0.2) is 36.7 Å². The summed E-state index contributed by atoms with van der Waals surface area (Å²) in [6.45, 7) is 4.69. The molecule has 0 bridgehead atoms. The molecule has 0 aliphatic carbocycles. The second kappa shape index (κ2) is 8.21. The van der Waals surface area contributed by atoms with E-state index in [1.54, 1.807) is 46.2 Å². The Hall–Kier alpha value is -3.56. The summed E-state index contributed by atoms with van der Waals surface area (Å²) < 4.78 is 6.96. The van der Waals surface area contributed by atoms with Gasteiger partial charge in [0, 0.05) is 45.1 Å². The van der Waals surface area contributed by atoms with Crippen LogP contribution in [0.2, 0.25) is 0 Å². The van der Waals surface area contributed by atoms with Gasteiger partial charge in [-0.25, -0.2) is 19.4 Å². The molecule has 10 heteroatoms. The monoisotopic (exact) mass is 395 g/mol. The molecule has 4 rings (SSSR count). The molecular formula is C19H21N7O3. The van der Waals surface area contributed by atoms with Gasteiger partial charge in [0.25, 0.3) is 5.91 Å². The van der Waals surface area contributed by atoms with Crippen molar-refractivity contribution in [2.75, 3.05) is 37.7 Å². The van der Waals surface area contributed by atoms with Gasteiger partial charge in [0.05, 0.1) is 11.1 Å². The fraction of sp³-hybridized carbons (Fsp3) is 0.368. The van der Waals surface area contributed by atoms with E-state index in [9.17, 15) is 9.59 Å². The molecule has 150 valence electrons. The molecule has 1 saturated heterocycles. The van der Waals surface area contributed by atoms with E-state index in [1.165, 1.54) is 0 Å². The van der Waals surface area contributed by atoms with Crippen LogP contribution in [0.5, 0.6) is 0 Å². The van der Waals surface area contributed by atoms with E-state index in [0.717, 1.165) is 5.52 Å². The number of nitrogens with zero attached hydrogens (tertiary/aromatic N) is 7. The summed E-state index contributed by atoms with van der Waals surface area (Å²) in [6, 6.07) is 6.83. The van der Waals surface area contributed by atoms with Crippen LogP contribution in [-0.2, 0) is 16.1 Å². The van der Waals surface area contributed by atoms with Crippen molar-refractivity contribution >= 4 is 28.9 Å². The molecule has 0 N–H and O–H groups in total. The van der Waals surface area contributed by atoms with Crippen LogP contribution >= 0.6 is 0 Å². The summed E-state index contributed by atoms with van der Waals surface area (Å²) in [5.74, 6) is -0.117. The molecule has 1 aliphatic rings. The second-order valence-electron chi connectivity index (χ2n) is 6.60. The standard InChI is InChI=1S/C19H21N7O3/c1-2-26-16-5-4-14(12-15(16)22-23-26)18(28)29-13-17(27)24-8-10-25(11-9-24)19-20-6-3-7-21-19/h3-7,12H,2,8-11,13H2,1H3. The molecule has 1 fully saturated rings. The lowest BCUT2D eigenvalue weighted by atomic mass is 10.2. The minimum Gasteiger partial charge on any atom is -0.452 e. The smallest absolute Gasteiger partial charge is 0.338 e. The average molecular weight is 395 g/mol. The number of ether oxygens (including phenoxy) is 1. The molecule has 0 unspecified atom stereocenters. The first-order valence-electron chi connectivity index (χ1n) is 9.46. The molecule has 29 heavy (non-hydrogen) atoms. The van der Waals surface area contributed by atoms with Gasteiger partial charge in [-0.1, -0.05) is 5.21 Å². The van der Waals surface area contributed by atoms with Crippen LogP contribution in [0.1, 0.15) is 17.3 Å². The maximum atomic E-state index is 12.4. The molecule has 2 aromatic heterocycles. The minimum atomic E-state index is -0.553. The quantitative estimate of drug-likeness (QED) is 0.583. The molecule has 1 amide bonds. The van der Waals surface area contributed by atoms with Gasteiger partial charge in [0.2, 0.25) is 5.95 Å². The first kappa shape index (κ1) is 18.8. The van der Waals surface area contributed by atoms with Crippen LogP contribution in [0, 0.1) is 0 Å². The zero-order valence-electron chi connectivity index (χ0n) is 16.1. The fourth-order valence-electron chi connectivity index (χ4n) is 3.24. The van der Waals surface area contributed by atoms with Crippen molar-refractivity contribution in [1.82, 2.24) is 29.9 Å². The van der Waals surface area contributed by atoms with Crippen LogP contribution in [0.25, 0.3) is 11.0 Å². The average Bonchev–Trinajstić information content (AvgIpc) is 3.20. The number of benzene rings is 1. The highest BCUT2D eigenvalue weighted by Gasteiger charge is 2.23. The van der Waals surface area contributed by atoms with Gasteiger partial charge in [0.15, 0.2) is 6.61 Å². The maximum absolute atomic E-state index is 12.4. The SMILES string of the molecule is CCn1nnc2cc(C(=O)OCC(=O)N3CCN(c4ncccn4)CC3)ccc21. The highest BCUT2D eigenvalue weighted by molar-refractivity contribution is 5.94. The van der Waals surface area contributed by atoms with Crippen molar-refractivity contribution in [2.24, 2.45) is 0 Å². The van der Waals surface area contributed by atoms with Gasteiger partial charge >= 0.3 is 5.97 Å². The number of aryl methyl sites for hydroxylation is 1. The molecule has 3 aromatic rings. The number of carbonyl (C=O) groups excluding carboxylic acids is 2. The number of rotatable bonds is 5. The minimum absolute atomic E-state index is 0.218. The lowest BCUT2D eigenvalue weighted by molar-refractivity contribution is -0.134. The zero-order valence-corrected chi connectivity index (χ0v) is 16.1. The Labute approximate surface area is 167 Å². The molecule has 0 radical (unpaired) electrons. The highest BCUT2D eigenvalue weighted by Crippen LogP contribution is 2.15. The summed E-state index contributed by atoms with van der Waals surface area (Å²) in [7, 11) is 0. The Morgan fingerprint density at radius 1 is 1.10 bits per heavy atom. The number of anilines is 1. The molecular weight excluding hydrogens is 374 g/mol. The second-order valence-corrected chi connectivity index (χ2v) is 6.60. The van der Waals surface area contributed by atoms with Crippen molar-refractivity contribution in [3.63, 3.8) is 0 Å². The Balaban J connectivity index is 1.30. The van der Waals surface area contributed by atoms with Crippen LogP contribution < -0.4 is 4.90 Å². The normalized spacial score (nSPS) is 14.2. The number of hydrogen-bond donors (Lipinski definition) is 0. The first-order valence-corrected chi connectivity index (χ1v) is 9.46. The van der Waals surface area contributed by atoms with Gasteiger partial charge < -0.3 is 14.5 Å². The first-order chi connectivity index (χ1) is 14.2. The third-order valence-corrected chi connectivity index (χ3v) is 4.84. The van der Waals surface area contributed by atoms with Gasteiger partial charge in [-0.3, -0.25) is 4.79 Å². The molecule has 0 saturated carbocycles. The molecule has 3 heterocycles. The van der Waals surface area contributed by atoms with E-state index >= 15 is 0 Å². The van der Waals surface area contributed by atoms with Gasteiger partial charge in [-0.05, 0) is 31.2 Å². The Bertz CT molecular complexity index is 1010. The third kappa shape index (κ3) is 4.00.